The number of carbonyl (C=O) groups is 1. The molecule has 2 aromatic rings. The molecule has 1 aromatic carbocycles. The van der Waals surface area contributed by atoms with Crippen molar-refractivity contribution in [3.63, 3.8) is 0 Å². The molecule has 0 N–H and O–H groups in total. The molecule has 0 aliphatic heterocycles. The van der Waals surface area contributed by atoms with Crippen LogP contribution in [-0.2, 0) is 0 Å². The Morgan fingerprint density at radius 3 is 2.93 bits per heavy atom. The molecule has 2 nitrogen and oxygen atoms in total. The summed E-state index contributed by atoms with van der Waals surface area (Å²) in [6.07, 6.45) is 0.752. The van der Waals surface area contributed by atoms with Crippen LogP contribution in [0.5, 0.6) is 5.75 Å². The molecule has 0 unspecified atom stereocenters. The Morgan fingerprint density at radius 2 is 2.29 bits per heavy atom. The molecule has 72 valence electrons. The highest BCUT2D eigenvalue weighted by Crippen LogP contribution is 2.33. The van der Waals surface area contributed by atoms with Crippen molar-refractivity contribution in [3.8, 4) is 5.75 Å². The third-order valence-corrected chi connectivity index (χ3v) is 2.97. The number of hydrogen-bond acceptors (Lipinski definition) is 3. The van der Waals surface area contributed by atoms with Crippen LogP contribution in [0.1, 0.15) is 9.67 Å². The number of rotatable bonds is 2. The van der Waals surface area contributed by atoms with E-state index < -0.39 is 5.82 Å². The first-order valence-corrected chi connectivity index (χ1v) is 4.79. The summed E-state index contributed by atoms with van der Waals surface area (Å²) in [4.78, 5) is 11.1. The van der Waals surface area contributed by atoms with Gasteiger partial charge in [0.2, 0.25) is 0 Å². The highest BCUT2D eigenvalue weighted by Gasteiger charge is 2.10. The Morgan fingerprint density at radius 1 is 1.50 bits per heavy atom. The third kappa shape index (κ3) is 1.28. The van der Waals surface area contributed by atoms with E-state index in [9.17, 15) is 9.18 Å². The zero-order chi connectivity index (χ0) is 10.1. The van der Waals surface area contributed by atoms with E-state index in [4.69, 9.17) is 4.74 Å². The van der Waals surface area contributed by atoms with Crippen LogP contribution < -0.4 is 4.74 Å². The summed E-state index contributed by atoms with van der Waals surface area (Å²) >= 11 is 1.32. The normalized spacial score (nSPS) is 10.4. The van der Waals surface area contributed by atoms with Crippen molar-refractivity contribution in [2.24, 2.45) is 0 Å². The maximum Gasteiger partial charge on any atom is 0.165 e. The van der Waals surface area contributed by atoms with E-state index in [1.807, 2.05) is 0 Å². The molecular formula is C10H7FO2S. The molecule has 0 spiro atoms. The van der Waals surface area contributed by atoms with Gasteiger partial charge in [0.25, 0.3) is 0 Å². The Kier molecular flexibility index (Phi) is 2.21. The van der Waals surface area contributed by atoms with Crippen molar-refractivity contribution in [2.45, 2.75) is 0 Å². The molecule has 0 amide bonds. The molecule has 0 saturated carbocycles. The van der Waals surface area contributed by atoms with Gasteiger partial charge >= 0.3 is 0 Å². The molecule has 1 heterocycles. The van der Waals surface area contributed by atoms with E-state index in [0.29, 0.717) is 10.3 Å². The van der Waals surface area contributed by atoms with E-state index in [0.717, 1.165) is 11.0 Å². The Labute approximate surface area is 83.9 Å². The standard InChI is InChI=1S/C10H7FO2S/c1-13-10-7-4-6(5-12)14-9(7)3-2-8(10)11/h2-5H,1H3. The van der Waals surface area contributed by atoms with E-state index in [2.05, 4.69) is 0 Å². The minimum atomic E-state index is -0.407. The Hall–Kier alpha value is -1.42. The number of halogens is 1. The van der Waals surface area contributed by atoms with Gasteiger partial charge in [-0.1, -0.05) is 0 Å². The molecule has 4 heteroatoms. The van der Waals surface area contributed by atoms with Crippen LogP contribution in [0, 0.1) is 5.82 Å². The fourth-order valence-electron chi connectivity index (χ4n) is 1.34. The SMILES string of the molecule is COc1c(F)ccc2sc(C=O)cc12. The van der Waals surface area contributed by atoms with Crippen LogP contribution in [0.3, 0.4) is 0 Å². The van der Waals surface area contributed by atoms with Gasteiger partial charge in [0, 0.05) is 10.1 Å². The van der Waals surface area contributed by atoms with Gasteiger partial charge < -0.3 is 4.74 Å². The summed E-state index contributed by atoms with van der Waals surface area (Å²) in [5.74, 6) is -0.206. The molecule has 2 rings (SSSR count). The summed E-state index contributed by atoms with van der Waals surface area (Å²) in [6.45, 7) is 0. The fourth-order valence-corrected chi connectivity index (χ4v) is 2.22. The molecule has 0 saturated heterocycles. The zero-order valence-electron chi connectivity index (χ0n) is 7.41. The van der Waals surface area contributed by atoms with Gasteiger partial charge in [-0.3, -0.25) is 4.79 Å². The molecule has 0 bridgehead atoms. The van der Waals surface area contributed by atoms with Crippen LogP contribution in [-0.4, -0.2) is 13.4 Å². The maximum atomic E-state index is 13.2. The van der Waals surface area contributed by atoms with Crippen molar-refractivity contribution < 1.29 is 13.9 Å². The first-order chi connectivity index (χ1) is 6.76. The van der Waals surface area contributed by atoms with E-state index in [1.165, 1.54) is 24.5 Å². The van der Waals surface area contributed by atoms with Crippen molar-refractivity contribution >= 4 is 27.7 Å². The van der Waals surface area contributed by atoms with Crippen molar-refractivity contribution in [2.75, 3.05) is 7.11 Å². The number of hydrogen-bond donors (Lipinski definition) is 0. The lowest BCUT2D eigenvalue weighted by atomic mass is 10.2. The summed E-state index contributed by atoms with van der Waals surface area (Å²) in [7, 11) is 1.41. The smallest absolute Gasteiger partial charge is 0.165 e. The number of aldehydes is 1. The number of benzene rings is 1. The molecule has 0 aliphatic carbocycles. The average molecular weight is 210 g/mol. The van der Waals surface area contributed by atoms with Crippen LogP contribution >= 0.6 is 11.3 Å². The van der Waals surface area contributed by atoms with Crippen LogP contribution in [0.25, 0.3) is 10.1 Å². The molecule has 14 heavy (non-hydrogen) atoms. The van der Waals surface area contributed by atoms with Crippen molar-refractivity contribution in [3.05, 3.63) is 28.9 Å². The fraction of sp³-hybridized carbons (Fsp3) is 0.100. The van der Waals surface area contributed by atoms with E-state index >= 15 is 0 Å². The minimum Gasteiger partial charge on any atom is -0.493 e. The Balaban J connectivity index is 2.79. The predicted molar refractivity (Wildman–Crippen MR) is 53.7 cm³/mol. The highest BCUT2D eigenvalue weighted by molar-refractivity contribution is 7.20. The predicted octanol–water partition coefficient (Wildman–Crippen LogP) is 2.86. The lowest BCUT2D eigenvalue weighted by molar-refractivity contribution is 0.112. The monoisotopic (exact) mass is 210 g/mol. The minimum absolute atomic E-state index is 0.201. The van der Waals surface area contributed by atoms with Gasteiger partial charge in [-0.25, -0.2) is 4.39 Å². The molecular weight excluding hydrogens is 203 g/mol. The molecule has 0 aliphatic rings. The van der Waals surface area contributed by atoms with Crippen LogP contribution in [0.15, 0.2) is 18.2 Å². The number of methoxy groups -OCH3 is 1. The summed E-state index contributed by atoms with van der Waals surface area (Å²) in [5, 5.41) is 0.652. The van der Waals surface area contributed by atoms with Gasteiger partial charge in [-0.2, -0.15) is 0 Å². The third-order valence-electron chi connectivity index (χ3n) is 1.94. The lowest BCUT2D eigenvalue weighted by Crippen LogP contribution is -1.87. The van der Waals surface area contributed by atoms with E-state index in [-0.39, 0.29) is 5.75 Å². The van der Waals surface area contributed by atoms with Gasteiger partial charge in [-0.05, 0) is 18.2 Å². The second-order valence-electron chi connectivity index (χ2n) is 2.76. The van der Waals surface area contributed by atoms with Gasteiger partial charge in [-0.15, -0.1) is 11.3 Å². The quantitative estimate of drug-likeness (QED) is 0.712. The second-order valence-corrected chi connectivity index (χ2v) is 3.87. The zero-order valence-corrected chi connectivity index (χ0v) is 8.23. The van der Waals surface area contributed by atoms with Gasteiger partial charge in [0.1, 0.15) is 0 Å². The average Bonchev–Trinajstić information content (AvgIpc) is 2.60. The molecule has 1 aromatic heterocycles. The highest BCUT2D eigenvalue weighted by atomic mass is 32.1. The van der Waals surface area contributed by atoms with Gasteiger partial charge in [0.05, 0.1) is 12.0 Å². The summed E-state index contributed by atoms with van der Waals surface area (Å²) in [6, 6.07) is 4.62. The molecule has 0 radical (unpaired) electrons. The molecule has 0 atom stereocenters. The largest absolute Gasteiger partial charge is 0.493 e. The topological polar surface area (TPSA) is 26.3 Å². The lowest BCUT2D eigenvalue weighted by Gasteiger charge is -2.01. The van der Waals surface area contributed by atoms with E-state index in [1.54, 1.807) is 12.1 Å². The summed E-state index contributed by atoms with van der Waals surface area (Å²) < 4.78 is 19.0. The Bertz CT molecular complexity index is 490. The van der Waals surface area contributed by atoms with Crippen molar-refractivity contribution in [1.82, 2.24) is 0 Å². The number of fused-ring (bicyclic) bond motifs is 1. The summed E-state index contributed by atoms with van der Waals surface area (Å²) in [5.41, 5.74) is 0. The van der Waals surface area contributed by atoms with Gasteiger partial charge in [0.15, 0.2) is 17.9 Å². The van der Waals surface area contributed by atoms with Crippen LogP contribution in [0.4, 0.5) is 4.39 Å². The first-order valence-electron chi connectivity index (χ1n) is 3.97. The van der Waals surface area contributed by atoms with Crippen LogP contribution in [0.2, 0.25) is 0 Å². The first kappa shape index (κ1) is 9.15. The number of ether oxygens (including phenoxy) is 1. The maximum absolute atomic E-state index is 13.2. The second kappa shape index (κ2) is 3.38. The van der Waals surface area contributed by atoms with Crippen molar-refractivity contribution in [1.29, 1.82) is 0 Å². The molecule has 0 fully saturated rings. The number of thiophene rings is 1. The number of carbonyl (C=O) groups excluding carboxylic acids is 1.